The van der Waals surface area contributed by atoms with Gasteiger partial charge in [0.15, 0.2) is 6.61 Å². The maximum absolute atomic E-state index is 12.8. The van der Waals surface area contributed by atoms with Crippen molar-refractivity contribution in [1.82, 2.24) is 9.62 Å². The van der Waals surface area contributed by atoms with Gasteiger partial charge in [0, 0.05) is 33.2 Å². The Kier molecular flexibility index (Phi) is 7.20. The zero-order valence-corrected chi connectivity index (χ0v) is 16.8. The van der Waals surface area contributed by atoms with E-state index in [0.29, 0.717) is 18.8 Å². The fraction of sp³-hybridized carbons (Fsp3) is 0.556. The van der Waals surface area contributed by atoms with Gasteiger partial charge in [0.05, 0.1) is 16.1 Å². The number of likely N-dealkylation sites (N-methyl/N-ethyl adjacent to an activating group) is 1. The van der Waals surface area contributed by atoms with Crippen molar-refractivity contribution in [3.63, 3.8) is 0 Å². The lowest BCUT2D eigenvalue weighted by Crippen LogP contribution is -2.31. The molecule has 0 saturated carbocycles. The molecule has 1 amide bonds. The molecule has 0 bridgehead atoms. The second-order valence-corrected chi connectivity index (χ2v) is 8.15. The maximum atomic E-state index is 12.8. The van der Waals surface area contributed by atoms with Gasteiger partial charge < -0.3 is 15.0 Å². The molecule has 1 aromatic carbocycles. The molecule has 2 rings (SSSR count). The van der Waals surface area contributed by atoms with Gasteiger partial charge in [0.25, 0.3) is 5.91 Å². The van der Waals surface area contributed by atoms with E-state index in [1.54, 1.807) is 19.9 Å². The number of amides is 1. The zero-order chi connectivity index (χ0) is 20.0. The minimum Gasteiger partial charge on any atom is -0.452 e. The minimum absolute atomic E-state index is 0.0426. The number of esters is 1. The first-order valence-corrected chi connectivity index (χ1v) is 10.6. The summed E-state index contributed by atoms with van der Waals surface area (Å²) in [6.45, 7) is 5.36. The highest BCUT2D eigenvalue weighted by Crippen LogP contribution is 2.29. The van der Waals surface area contributed by atoms with Crippen LogP contribution in [0, 0.1) is 0 Å². The van der Waals surface area contributed by atoms with Crippen LogP contribution in [0.1, 0.15) is 37.0 Å². The number of carbonyl (C=O) groups is 2. The van der Waals surface area contributed by atoms with E-state index in [9.17, 15) is 18.0 Å². The van der Waals surface area contributed by atoms with Crippen LogP contribution in [-0.2, 0) is 19.6 Å². The Morgan fingerprint density at radius 2 is 1.81 bits per heavy atom. The van der Waals surface area contributed by atoms with Crippen molar-refractivity contribution in [2.45, 2.75) is 31.6 Å². The topological polar surface area (TPSA) is 96.0 Å². The van der Waals surface area contributed by atoms with Gasteiger partial charge in [-0.25, -0.2) is 13.2 Å². The zero-order valence-electron chi connectivity index (χ0n) is 16.0. The van der Waals surface area contributed by atoms with Crippen molar-refractivity contribution in [2.24, 2.45) is 0 Å². The van der Waals surface area contributed by atoms with Gasteiger partial charge in [0.2, 0.25) is 10.0 Å². The Bertz CT molecular complexity index is 784. The summed E-state index contributed by atoms with van der Waals surface area (Å²) in [5, 5.41) is 2.38. The first-order valence-electron chi connectivity index (χ1n) is 9.12. The number of rotatable bonds is 8. The van der Waals surface area contributed by atoms with Gasteiger partial charge in [-0.1, -0.05) is 13.8 Å². The highest BCUT2D eigenvalue weighted by Gasteiger charge is 2.27. The molecule has 1 N–H and O–H groups in total. The molecule has 150 valence electrons. The average molecular weight is 397 g/mol. The molecule has 0 unspecified atom stereocenters. The summed E-state index contributed by atoms with van der Waals surface area (Å²) >= 11 is 0. The molecular weight excluding hydrogens is 370 g/mol. The van der Waals surface area contributed by atoms with E-state index in [4.69, 9.17) is 4.74 Å². The number of sulfonamides is 1. The van der Waals surface area contributed by atoms with Crippen molar-refractivity contribution in [3.05, 3.63) is 23.8 Å². The molecule has 8 nitrogen and oxygen atoms in total. The van der Waals surface area contributed by atoms with E-state index >= 15 is 0 Å². The minimum atomic E-state index is -3.71. The average Bonchev–Trinajstić information content (AvgIpc) is 3.20. The highest BCUT2D eigenvalue weighted by molar-refractivity contribution is 7.89. The molecule has 0 radical (unpaired) electrons. The van der Waals surface area contributed by atoms with Crippen molar-refractivity contribution in [1.29, 1.82) is 0 Å². The van der Waals surface area contributed by atoms with Crippen LogP contribution in [0.4, 0.5) is 5.69 Å². The molecule has 1 heterocycles. The summed E-state index contributed by atoms with van der Waals surface area (Å²) in [4.78, 5) is 26.0. The Hall–Kier alpha value is -2.13. The second-order valence-electron chi connectivity index (χ2n) is 6.21. The molecule has 0 atom stereocenters. The Morgan fingerprint density at radius 3 is 2.37 bits per heavy atom. The molecule has 0 aliphatic carbocycles. The van der Waals surface area contributed by atoms with Crippen LogP contribution in [0.25, 0.3) is 0 Å². The van der Waals surface area contributed by atoms with Crippen molar-refractivity contribution in [2.75, 3.05) is 44.7 Å². The smallest absolute Gasteiger partial charge is 0.340 e. The maximum Gasteiger partial charge on any atom is 0.340 e. The molecule has 1 aliphatic rings. The van der Waals surface area contributed by atoms with Crippen LogP contribution in [0.5, 0.6) is 0 Å². The SMILES string of the molecule is CCN(CC)S(=O)(=O)c1ccc(N2CCCC2)c(C(=O)OCC(=O)NC)c1. The van der Waals surface area contributed by atoms with E-state index in [1.165, 1.54) is 23.5 Å². The number of hydrogen-bond donors (Lipinski definition) is 1. The van der Waals surface area contributed by atoms with Crippen LogP contribution in [0.15, 0.2) is 23.1 Å². The Labute approximate surface area is 160 Å². The van der Waals surface area contributed by atoms with Gasteiger partial charge in [-0.3, -0.25) is 4.79 Å². The predicted molar refractivity (Wildman–Crippen MR) is 102 cm³/mol. The number of anilines is 1. The predicted octanol–water partition coefficient (Wildman–Crippen LogP) is 1.22. The molecule has 1 saturated heterocycles. The third-order valence-electron chi connectivity index (χ3n) is 4.59. The summed E-state index contributed by atoms with van der Waals surface area (Å²) in [5.41, 5.74) is 0.793. The van der Waals surface area contributed by atoms with Crippen LogP contribution < -0.4 is 10.2 Å². The lowest BCUT2D eigenvalue weighted by Gasteiger charge is -2.23. The van der Waals surface area contributed by atoms with Crippen LogP contribution in [0.3, 0.4) is 0 Å². The number of nitrogens with one attached hydrogen (secondary N) is 1. The van der Waals surface area contributed by atoms with Gasteiger partial charge in [-0.15, -0.1) is 0 Å². The third kappa shape index (κ3) is 4.78. The van der Waals surface area contributed by atoms with Crippen LogP contribution in [0.2, 0.25) is 0 Å². The highest BCUT2D eigenvalue weighted by atomic mass is 32.2. The number of nitrogens with zero attached hydrogens (tertiary/aromatic N) is 2. The number of hydrogen-bond acceptors (Lipinski definition) is 6. The van der Waals surface area contributed by atoms with Crippen LogP contribution >= 0.6 is 0 Å². The standard InChI is InChI=1S/C18H27N3O5S/c1-4-21(5-2)27(24,25)14-8-9-16(20-10-6-7-11-20)15(12-14)18(23)26-13-17(22)19-3/h8-9,12H,4-7,10-11,13H2,1-3H3,(H,19,22). The van der Waals surface area contributed by atoms with E-state index in [1.807, 2.05) is 4.90 Å². The summed E-state index contributed by atoms with van der Waals surface area (Å²) < 4.78 is 32.0. The molecule has 0 spiro atoms. The second kappa shape index (κ2) is 9.18. The van der Waals surface area contributed by atoms with Gasteiger partial charge in [-0.2, -0.15) is 4.31 Å². The first-order chi connectivity index (χ1) is 12.8. The first kappa shape index (κ1) is 21.2. The molecule has 0 aromatic heterocycles. The fourth-order valence-corrected chi connectivity index (χ4v) is 4.55. The Morgan fingerprint density at radius 1 is 1.19 bits per heavy atom. The van der Waals surface area contributed by atoms with Gasteiger partial charge in [0.1, 0.15) is 0 Å². The summed E-state index contributed by atoms with van der Waals surface area (Å²) in [6, 6.07) is 4.53. The molecular formula is C18H27N3O5S. The van der Waals surface area contributed by atoms with Crippen LogP contribution in [-0.4, -0.2) is 64.4 Å². The molecule has 1 fully saturated rings. The normalized spacial score (nSPS) is 14.4. The van der Waals surface area contributed by atoms with E-state index in [-0.39, 0.29) is 10.5 Å². The lowest BCUT2D eigenvalue weighted by molar-refractivity contribution is -0.123. The molecule has 1 aliphatic heterocycles. The van der Waals surface area contributed by atoms with E-state index < -0.39 is 28.5 Å². The monoisotopic (exact) mass is 397 g/mol. The van der Waals surface area contributed by atoms with E-state index in [2.05, 4.69) is 5.32 Å². The van der Waals surface area contributed by atoms with Gasteiger partial charge in [-0.05, 0) is 31.0 Å². The molecule has 1 aromatic rings. The van der Waals surface area contributed by atoms with Crippen molar-refractivity contribution in [3.8, 4) is 0 Å². The molecule has 9 heteroatoms. The number of ether oxygens (including phenoxy) is 1. The largest absolute Gasteiger partial charge is 0.452 e. The number of carbonyl (C=O) groups excluding carboxylic acids is 2. The summed E-state index contributed by atoms with van der Waals surface area (Å²) in [7, 11) is -2.26. The fourth-order valence-electron chi connectivity index (χ4n) is 3.07. The van der Waals surface area contributed by atoms with Crippen molar-refractivity contribution < 1.29 is 22.7 Å². The van der Waals surface area contributed by atoms with E-state index in [0.717, 1.165) is 25.9 Å². The molecule has 27 heavy (non-hydrogen) atoms. The Balaban J connectivity index is 2.42. The summed E-state index contributed by atoms with van der Waals surface area (Å²) in [6.07, 6.45) is 2.01. The lowest BCUT2D eigenvalue weighted by atomic mass is 10.1. The quantitative estimate of drug-likeness (QED) is 0.663. The summed E-state index contributed by atoms with van der Waals surface area (Å²) in [5.74, 6) is -1.14. The number of benzene rings is 1. The van der Waals surface area contributed by atoms with Crippen molar-refractivity contribution >= 4 is 27.6 Å². The third-order valence-corrected chi connectivity index (χ3v) is 6.64. The van der Waals surface area contributed by atoms with Gasteiger partial charge >= 0.3 is 5.97 Å².